The first-order chi connectivity index (χ1) is 13.3. The summed E-state index contributed by atoms with van der Waals surface area (Å²) in [7, 11) is 3.82. The molecule has 146 valence electrons. The first-order valence-corrected chi connectivity index (χ1v) is 9.43. The first-order valence-electron chi connectivity index (χ1n) is 9.05. The second-order valence-electron chi connectivity index (χ2n) is 7.21. The normalized spacial score (nSPS) is 18.9. The third-order valence-corrected chi connectivity index (χ3v) is 5.09. The Bertz CT molecular complexity index is 918. The molecule has 2 aromatic rings. The Kier molecular flexibility index (Phi) is 5.87. The maximum absolute atomic E-state index is 12.8. The van der Waals surface area contributed by atoms with E-state index < -0.39 is 17.7 Å². The fourth-order valence-electron chi connectivity index (χ4n) is 3.28. The molecule has 1 heterocycles. The zero-order valence-corrected chi connectivity index (χ0v) is 16.9. The number of carbonyl (C=O) groups is 2. The molecule has 2 aromatic carbocycles. The highest BCUT2D eigenvalue weighted by molar-refractivity contribution is 6.46. The highest BCUT2D eigenvalue weighted by atomic mass is 35.5. The minimum atomic E-state index is -0.670. The number of aliphatic hydroxyl groups is 1. The van der Waals surface area contributed by atoms with Crippen molar-refractivity contribution in [3.05, 3.63) is 75.8 Å². The molecule has 1 fully saturated rings. The van der Waals surface area contributed by atoms with Crippen molar-refractivity contribution in [2.75, 3.05) is 27.2 Å². The summed E-state index contributed by atoms with van der Waals surface area (Å²) in [6.07, 6.45) is 0. The number of amides is 1. The van der Waals surface area contributed by atoms with Crippen molar-refractivity contribution in [1.82, 2.24) is 9.80 Å². The maximum Gasteiger partial charge on any atom is 0.295 e. The van der Waals surface area contributed by atoms with Gasteiger partial charge in [0, 0.05) is 23.7 Å². The van der Waals surface area contributed by atoms with Crippen LogP contribution in [0.25, 0.3) is 5.76 Å². The Morgan fingerprint density at radius 3 is 2.25 bits per heavy atom. The Labute approximate surface area is 169 Å². The molecule has 1 N–H and O–H groups in total. The standard InChI is InChI=1S/C22H23ClN2O3/c1-14-4-6-15(7-5-14)19-18(20(26)16-8-10-17(23)11-9-16)21(27)22(28)25(19)13-12-24(2)3/h4-11,19,26H,12-13H2,1-3H3. The van der Waals surface area contributed by atoms with Crippen LogP contribution in [0.15, 0.2) is 54.1 Å². The molecule has 0 aromatic heterocycles. The van der Waals surface area contributed by atoms with E-state index in [2.05, 4.69) is 0 Å². The van der Waals surface area contributed by atoms with Gasteiger partial charge in [-0.15, -0.1) is 0 Å². The van der Waals surface area contributed by atoms with Crippen LogP contribution in [0.2, 0.25) is 5.02 Å². The molecule has 6 heteroatoms. The molecule has 1 aliphatic rings. The Morgan fingerprint density at radius 2 is 1.68 bits per heavy atom. The molecule has 1 unspecified atom stereocenters. The highest BCUT2D eigenvalue weighted by Crippen LogP contribution is 2.39. The van der Waals surface area contributed by atoms with Crippen molar-refractivity contribution < 1.29 is 14.7 Å². The predicted octanol–water partition coefficient (Wildman–Crippen LogP) is 3.63. The number of Topliss-reactive ketones (excluding diaryl/α,β-unsaturated/α-hetero) is 1. The summed E-state index contributed by atoms with van der Waals surface area (Å²) >= 11 is 5.93. The van der Waals surface area contributed by atoms with Crippen molar-refractivity contribution in [3.8, 4) is 0 Å². The van der Waals surface area contributed by atoms with E-state index in [1.54, 1.807) is 24.3 Å². The van der Waals surface area contributed by atoms with Gasteiger partial charge >= 0.3 is 0 Å². The Balaban J connectivity index is 2.13. The van der Waals surface area contributed by atoms with E-state index in [1.165, 1.54) is 4.90 Å². The summed E-state index contributed by atoms with van der Waals surface area (Å²) in [5, 5.41) is 11.4. The fourth-order valence-corrected chi connectivity index (χ4v) is 3.40. The second kappa shape index (κ2) is 8.17. The second-order valence-corrected chi connectivity index (χ2v) is 7.65. The lowest BCUT2D eigenvalue weighted by molar-refractivity contribution is -0.140. The lowest BCUT2D eigenvalue weighted by Gasteiger charge is -2.26. The van der Waals surface area contributed by atoms with Crippen LogP contribution in [-0.2, 0) is 9.59 Å². The molecule has 1 saturated heterocycles. The van der Waals surface area contributed by atoms with Gasteiger partial charge in [-0.05, 0) is 50.8 Å². The number of halogens is 1. The summed E-state index contributed by atoms with van der Waals surface area (Å²) in [6.45, 7) is 2.96. The van der Waals surface area contributed by atoms with E-state index in [-0.39, 0.29) is 11.3 Å². The van der Waals surface area contributed by atoms with Gasteiger partial charge in [-0.3, -0.25) is 9.59 Å². The summed E-state index contributed by atoms with van der Waals surface area (Å²) in [5.74, 6) is -1.45. The molecule has 0 radical (unpaired) electrons. The topological polar surface area (TPSA) is 60.9 Å². The number of likely N-dealkylation sites (N-methyl/N-ethyl adjacent to an activating group) is 1. The van der Waals surface area contributed by atoms with E-state index in [4.69, 9.17) is 11.6 Å². The Morgan fingerprint density at radius 1 is 1.07 bits per heavy atom. The number of likely N-dealkylation sites (tertiary alicyclic amines) is 1. The van der Waals surface area contributed by atoms with Crippen LogP contribution in [0.4, 0.5) is 0 Å². The number of carbonyl (C=O) groups excluding carboxylic acids is 2. The van der Waals surface area contributed by atoms with Crippen molar-refractivity contribution in [3.63, 3.8) is 0 Å². The average molecular weight is 399 g/mol. The van der Waals surface area contributed by atoms with Gasteiger partial charge < -0.3 is 14.9 Å². The molecule has 0 saturated carbocycles. The number of hydrogen-bond acceptors (Lipinski definition) is 4. The molecular formula is C22H23ClN2O3. The first kappa shape index (κ1) is 20.1. The number of rotatable bonds is 5. The zero-order valence-electron chi connectivity index (χ0n) is 16.1. The van der Waals surface area contributed by atoms with Crippen LogP contribution in [0.3, 0.4) is 0 Å². The van der Waals surface area contributed by atoms with Gasteiger partial charge in [-0.2, -0.15) is 0 Å². The summed E-state index contributed by atoms with van der Waals surface area (Å²) in [5.41, 5.74) is 2.42. The minimum Gasteiger partial charge on any atom is -0.507 e. The summed E-state index contributed by atoms with van der Waals surface area (Å²) in [4.78, 5) is 29.1. The van der Waals surface area contributed by atoms with Gasteiger partial charge in [-0.25, -0.2) is 0 Å². The van der Waals surface area contributed by atoms with Gasteiger partial charge in [0.15, 0.2) is 0 Å². The van der Waals surface area contributed by atoms with Crippen molar-refractivity contribution in [1.29, 1.82) is 0 Å². The molecule has 0 aliphatic carbocycles. The van der Waals surface area contributed by atoms with Crippen LogP contribution in [0.1, 0.15) is 22.7 Å². The fraction of sp³-hybridized carbons (Fsp3) is 0.273. The predicted molar refractivity (Wildman–Crippen MR) is 110 cm³/mol. The van der Waals surface area contributed by atoms with Crippen LogP contribution in [0, 0.1) is 6.92 Å². The number of aryl methyl sites for hydroxylation is 1. The molecular weight excluding hydrogens is 376 g/mol. The van der Waals surface area contributed by atoms with Crippen LogP contribution >= 0.6 is 11.6 Å². The molecule has 1 aliphatic heterocycles. The largest absolute Gasteiger partial charge is 0.507 e. The van der Waals surface area contributed by atoms with Crippen molar-refractivity contribution >= 4 is 29.1 Å². The molecule has 28 heavy (non-hydrogen) atoms. The number of aliphatic hydroxyl groups excluding tert-OH is 1. The van der Waals surface area contributed by atoms with Gasteiger partial charge in [0.2, 0.25) is 0 Å². The maximum atomic E-state index is 12.8. The van der Waals surface area contributed by atoms with Gasteiger partial charge in [-0.1, -0.05) is 41.4 Å². The van der Waals surface area contributed by atoms with Crippen LogP contribution in [-0.4, -0.2) is 53.8 Å². The summed E-state index contributed by atoms with van der Waals surface area (Å²) in [6, 6.07) is 13.6. The average Bonchev–Trinajstić information content (AvgIpc) is 2.91. The number of ketones is 1. The summed E-state index contributed by atoms with van der Waals surface area (Å²) < 4.78 is 0. The zero-order chi connectivity index (χ0) is 20.4. The van der Waals surface area contributed by atoms with Gasteiger partial charge in [0.05, 0.1) is 11.6 Å². The van der Waals surface area contributed by atoms with Crippen LogP contribution in [0.5, 0.6) is 0 Å². The smallest absolute Gasteiger partial charge is 0.295 e. The van der Waals surface area contributed by atoms with Crippen molar-refractivity contribution in [2.24, 2.45) is 0 Å². The highest BCUT2D eigenvalue weighted by Gasteiger charge is 2.45. The van der Waals surface area contributed by atoms with E-state index in [1.807, 2.05) is 50.2 Å². The number of benzene rings is 2. The van der Waals surface area contributed by atoms with E-state index in [0.29, 0.717) is 23.7 Å². The molecule has 1 atom stereocenters. The quantitative estimate of drug-likeness (QED) is 0.474. The molecule has 0 spiro atoms. The lowest BCUT2D eigenvalue weighted by atomic mass is 9.95. The molecule has 0 bridgehead atoms. The minimum absolute atomic E-state index is 0.106. The molecule has 5 nitrogen and oxygen atoms in total. The lowest BCUT2D eigenvalue weighted by Crippen LogP contribution is -2.35. The van der Waals surface area contributed by atoms with Gasteiger partial charge in [0.1, 0.15) is 5.76 Å². The van der Waals surface area contributed by atoms with E-state index in [9.17, 15) is 14.7 Å². The molecule has 1 amide bonds. The third-order valence-electron chi connectivity index (χ3n) is 4.84. The third kappa shape index (κ3) is 3.96. The van der Waals surface area contributed by atoms with E-state index >= 15 is 0 Å². The molecule has 3 rings (SSSR count). The Hall–Kier alpha value is -2.63. The van der Waals surface area contributed by atoms with E-state index in [0.717, 1.165) is 11.1 Å². The van der Waals surface area contributed by atoms with Crippen LogP contribution < -0.4 is 0 Å². The number of hydrogen-bond donors (Lipinski definition) is 1. The van der Waals surface area contributed by atoms with Crippen molar-refractivity contribution in [2.45, 2.75) is 13.0 Å². The van der Waals surface area contributed by atoms with Gasteiger partial charge in [0.25, 0.3) is 11.7 Å². The number of nitrogens with zero attached hydrogens (tertiary/aromatic N) is 2. The monoisotopic (exact) mass is 398 g/mol. The SMILES string of the molecule is Cc1ccc(C2C(=C(O)c3ccc(Cl)cc3)C(=O)C(=O)N2CCN(C)C)cc1.